The van der Waals surface area contributed by atoms with Gasteiger partial charge in [0, 0.05) is 11.9 Å². The van der Waals surface area contributed by atoms with Gasteiger partial charge in [0.05, 0.1) is 11.3 Å². The number of aryl methyl sites for hydroxylation is 2. The molecule has 3 aromatic rings. The number of nitrogens with zero attached hydrogens (tertiary/aromatic N) is 3. The molecule has 0 saturated heterocycles. The number of esters is 1. The molecule has 0 saturated carbocycles. The van der Waals surface area contributed by atoms with Crippen LogP contribution in [0.15, 0.2) is 48.7 Å². The molecular formula is C21H23N3O2. The summed E-state index contributed by atoms with van der Waals surface area (Å²) in [5, 5.41) is 4.39. The Balaban J connectivity index is 1.64. The number of rotatable bonds is 5. The third-order valence-corrected chi connectivity index (χ3v) is 4.23. The van der Waals surface area contributed by atoms with Crippen LogP contribution in [0.5, 0.6) is 0 Å². The molecule has 134 valence electrons. The summed E-state index contributed by atoms with van der Waals surface area (Å²) in [6.07, 6.45) is 1.52. The minimum Gasteiger partial charge on any atom is -0.457 e. The molecule has 0 bridgehead atoms. The van der Waals surface area contributed by atoms with E-state index in [1.807, 2.05) is 32.0 Å². The molecule has 0 aliphatic heterocycles. The molecule has 5 nitrogen and oxygen atoms in total. The fourth-order valence-electron chi connectivity index (χ4n) is 2.72. The first-order chi connectivity index (χ1) is 12.4. The minimum atomic E-state index is -0.384. The number of carbonyl (C=O) groups excluding carboxylic acids is 1. The zero-order chi connectivity index (χ0) is 18.7. The van der Waals surface area contributed by atoms with Gasteiger partial charge in [-0.05, 0) is 49.1 Å². The van der Waals surface area contributed by atoms with Crippen LogP contribution in [0.1, 0.15) is 52.6 Å². The molecule has 2 heterocycles. The minimum absolute atomic E-state index is 0.246. The predicted octanol–water partition coefficient (Wildman–Crippen LogP) is 4.36. The molecule has 0 spiro atoms. The zero-order valence-electron chi connectivity index (χ0n) is 15.6. The lowest BCUT2D eigenvalue weighted by atomic mass is 10.0. The second-order valence-corrected chi connectivity index (χ2v) is 6.72. The van der Waals surface area contributed by atoms with Gasteiger partial charge in [-0.25, -0.2) is 14.5 Å². The normalized spacial score (nSPS) is 11.0. The smallest absolute Gasteiger partial charge is 0.340 e. The number of ether oxygens (including phenoxy) is 1. The van der Waals surface area contributed by atoms with E-state index in [4.69, 9.17) is 4.74 Å². The average molecular weight is 349 g/mol. The molecule has 1 aromatic carbocycles. The Morgan fingerprint density at radius 2 is 1.85 bits per heavy atom. The molecule has 0 amide bonds. The molecule has 26 heavy (non-hydrogen) atoms. The molecule has 0 fully saturated rings. The largest absolute Gasteiger partial charge is 0.457 e. The molecule has 0 unspecified atom stereocenters. The van der Waals surface area contributed by atoms with Crippen molar-refractivity contribution in [1.82, 2.24) is 14.8 Å². The average Bonchev–Trinajstić information content (AvgIpc) is 2.98. The summed E-state index contributed by atoms with van der Waals surface area (Å²) in [5.41, 5.74) is 4.58. The quantitative estimate of drug-likeness (QED) is 0.642. The van der Waals surface area contributed by atoms with Crippen molar-refractivity contribution < 1.29 is 9.53 Å². The third kappa shape index (κ3) is 3.99. The molecule has 0 aliphatic rings. The van der Waals surface area contributed by atoms with E-state index >= 15 is 0 Å². The maximum Gasteiger partial charge on any atom is 0.340 e. The summed E-state index contributed by atoms with van der Waals surface area (Å²) in [7, 11) is 0. The highest BCUT2D eigenvalue weighted by atomic mass is 16.5. The maximum absolute atomic E-state index is 12.2. The van der Waals surface area contributed by atoms with Crippen molar-refractivity contribution in [2.24, 2.45) is 0 Å². The van der Waals surface area contributed by atoms with Crippen molar-refractivity contribution in [3.05, 3.63) is 76.7 Å². The van der Waals surface area contributed by atoms with Gasteiger partial charge in [0.15, 0.2) is 5.82 Å². The van der Waals surface area contributed by atoms with Gasteiger partial charge in [-0.2, -0.15) is 5.10 Å². The third-order valence-electron chi connectivity index (χ3n) is 4.23. The van der Waals surface area contributed by atoms with E-state index in [0.29, 0.717) is 17.3 Å². The first-order valence-electron chi connectivity index (χ1n) is 8.69. The van der Waals surface area contributed by atoms with Crippen molar-refractivity contribution >= 4 is 5.97 Å². The van der Waals surface area contributed by atoms with E-state index in [1.54, 1.807) is 16.8 Å². The van der Waals surface area contributed by atoms with Crippen LogP contribution >= 0.6 is 0 Å². The Labute approximate surface area is 153 Å². The highest BCUT2D eigenvalue weighted by Gasteiger charge is 2.10. The molecule has 0 atom stereocenters. The van der Waals surface area contributed by atoms with E-state index in [-0.39, 0.29) is 12.6 Å². The first-order valence-corrected chi connectivity index (χ1v) is 8.69. The molecular weight excluding hydrogens is 326 g/mol. The highest BCUT2D eigenvalue weighted by molar-refractivity contribution is 5.89. The van der Waals surface area contributed by atoms with Gasteiger partial charge in [0.1, 0.15) is 6.61 Å². The zero-order valence-corrected chi connectivity index (χ0v) is 15.6. The lowest BCUT2D eigenvalue weighted by molar-refractivity contribution is 0.0472. The van der Waals surface area contributed by atoms with E-state index in [1.165, 1.54) is 11.8 Å². The van der Waals surface area contributed by atoms with Crippen molar-refractivity contribution in [1.29, 1.82) is 0 Å². The highest BCUT2D eigenvalue weighted by Crippen LogP contribution is 2.16. The van der Waals surface area contributed by atoms with Crippen LogP contribution in [0.4, 0.5) is 0 Å². The van der Waals surface area contributed by atoms with Crippen molar-refractivity contribution in [3.8, 4) is 5.82 Å². The SMILES string of the molecule is Cc1cc(C)n(-c2ccc(C(=O)OCc3ccc(C(C)C)cc3)cn2)n1. The monoisotopic (exact) mass is 349 g/mol. The number of carbonyl (C=O) groups is 1. The lowest BCUT2D eigenvalue weighted by Crippen LogP contribution is -2.08. The van der Waals surface area contributed by atoms with Gasteiger partial charge in [-0.1, -0.05) is 38.1 Å². The van der Waals surface area contributed by atoms with Crippen molar-refractivity contribution in [2.45, 2.75) is 40.2 Å². The second kappa shape index (κ2) is 7.52. The van der Waals surface area contributed by atoms with Crippen LogP contribution in [-0.2, 0) is 11.3 Å². The maximum atomic E-state index is 12.2. The molecule has 0 N–H and O–H groups in total. The fraction of sp³-hybridized carbons (Fsp3) is 0.286. The fourth-order valence-corrected chi connectivity index (χ4v) is 2.72. The molecule has 2 aromatic heterocycles. The van der Waals surface area contributed by atoms with Crippen molar-refractivity contribution in [3.63, 3.8) is 0 Å². The lowest BCUT2D eigenvalue weighted by Gasteiger charge is -2.08. The van der Waals surface area contributed by atoms with Crippen LogP contribution in [0, 0.1) is 13.8 Å². The number of aromatic nitrogens is 3. The van der Waals surface area contributed by atoms with Crippen LogP contribution in [-0.4, -0.2) is 20.7 Å². The van der Waals surface area contributed by atoms with Crippen molar-refractivity contribution in [2.75, 3.05) is 0 Å². The van der Waals surface area contributed by atoms with Gasteiger partial charge in [-0.15, -0.1) is 0 Å². The standard InChI is InChI=1S/C21H23N3O2/c1-14(2)18-7-5-17(6-8-18)13-26-21(25)19-9-10-20(22-12-19)24-16(4)11-15(3)23-24/h5-12,14H,13H2,1-4H3. The van der Waals surface area contributed by atoms with Gasteiger partial charge in [-0.3, -0.25) is 0 Å². The summed E-state index contributed by atoms with van der Waals surface area (Å²) in [5.74, 6) is 0.778. The van der Waals surface area contributed by atoms with Crippen LogP contribution in [0.25, 0.3) is 5.82 Å². The number of pyridine rings is 1. The summed E-state index contributed by atoms with van der Waals surface area (Å²) < 4.78 is 7.14. The summed E-state index contributed by atoms with van der Waals surface area (Å²) in [6, 6.07) is 13.6. The topological polar surface area (TPSA) is 57.0 Å². The Morgan fingerprint density at radius 3 is 2.38 bits per heavy atom. The van der Waals surface area contributed by atoms with E-state index in [0.717, 1.165) is 17.0 Å². The Morgan fingerprint density at radius 1 is 1.12 bits per heavy atom. The van der Waals surface area contributed by atoms with Gasteiger partial charge in [0.2, 0.25) is 0 Å². The van der Waals surface area contributed by atoms with E-state index < -0.39 is 0 Å². The molecule has 0 radical (unpaired) electrons. The van der Waals surface area contributed by atoms with Gasteiger partial charge >= 0.3 is 5.97 Å². The van der Waals surface area contributed by atoms with Gasteiger partial charge < -0.3 is 4.74 Å². The van der Waals surface area contributed by atoms with Crippen LogP contribution < -0.4 is 0 Å². The molecule has 3 rings (SSSR count). The predicted molar refractivity (Wildman–Crippen MR) is 100 cm³/mol. The summed E-state index contributed by atoms with van der Waals surface area (Å²) in [4.78, 5) is 16.6. The number of hydrogen-bond acceptors (Lipinski definition) is 4. The Hall–Kier alpha value is -2.95. The molecule has 5 heteroatoms. The number of hydrogen-bond donors (Lipinski definition) is 0. The van der Waals surface area contributed by atoms with E-state index in [9.17, 15) is 4.79 Å². The number of benzene rings is 1. The first kappa shape index (κ1) is 17.9. The Bertz CT molecular complexity index is 894. The molecule has 0 aliphatic carbocycles. The second-order valence-electron chi connectivity index (χ2n) is 6.72. The van der Waals surface area contributed by atoms with Crippen LogP contribution in [0.3, 0.4) is 0 Å². The van der Waals surface area contributed by atoms with Crippen LogP contribution in [0.2, 0.25) is 0 Å². The Kier molecular flexibility index (Phi) is 5.16. The van der Waals surface area contributed by atoms with E-state index in [2.05, 4.69) is 36.1 Å². The van der Waals surface area contributed by atoms with Gasteiger partial charge in [0.25, 0.3) is 0 Å². The summed E-state index contributed by atoms with van der Waals surface area (Å²) >= 11 is 0. The summed E-state index contributed by atoms with van der Waals surface area (Å²) in [6.45, 7) is 8.45.